The Balaban J connectivity index is 2.37. The predicted octanol–water partition coefficient (Wildman–Crippen LogP) is 2.12. The standard InChI is InChI=1S/C12H18N6/c1-8(2)10-11(13-3)14-7-15-12(10)16-9-5-6-18(4)17-9/h5-8H,1-4H3,(H2,13,14,15,16,17). The van der Waals surface area contributed by atoms with Crippen LogP contribution >= 0.6 is 0 Å². The van der Waals surface area contributed by atoms with Gasteiger partial charge in [0, 0.05) is 31.9 Å². The van der Waals surface area contributed by atoms with Gasteiger partial charge in [0.05, 0.1) is 0 Å². The summed E-state index contributed by atoms with van der Waals surface area (Å²) in [6.07, 6.45) is 3.43. The average Bonchev–Trinajstić information content (AvgIpc) is 2.74. The molecule has 96 valence electrons. The lowest BCUT2D eigenvalue weighted by molar-refractivity contribution is 0.770. The van der Waals surface area contributed by atoms with Crippen molar-refractivity contribution < 1.29 is 0 Å². The third-order valence-corrected chi connectivity index (χ3v) is 2.66. The van der Waals surface area contributed by atoms with Gasteiger partial charge in [-0.05, 0) is 5.92 Å². The first-order chi connectivity index (χ1) is 8.61. The highest BCUT2D eigenvalue weighted by molar-refractivity contribution is 5.63. The van der Waals surface area contributed by atoms with Crippen molar-refractivity contribution in [3.8, 4) is 0 Å². The van der Waals surface area contributed by atoms with Crippen LogP contribution in [0.15, 0.2) is 18.6 Å². The largest absolute Gasteiger partial charge is 0.373 e. The van der Waals surface area contributed by atoms with Crippen LogP contribution in [0.1, 0.15) is 25.3 Å². The van der Waals surface area contributed by atoms with Crippen LogP contribution in [-0.4, -0.2) is 26.8 Å². The highest BCUT2D eigenvalue weighted by atomic mass is 15.3. The topological polar surface area (TPSA) is 67.7 Å². The van der Waals surface area contributed by atoms with E-state index >= 15 is 0 Å². The van der Waals surface area contributed by atoms with Crippen molar-refractivity contribution in [3.05, 3.63) is 24.2 Å². The first-order valence-electron chi connectivity index (χ1n) is 5.91. The third kappa shape index (κ3) is 2.42. The maximum atomic E-state index is 4.30. The molecule has 0 fully saturated rings. The third-order valence-electron chi connectivity index (χ3n) is 2.66. The maximum absolute atomic E-state index is 4.30. The number of rotatable bonds is 4. The van der Waals surface area contributed by atoms with Gasteiger partial charge in [0.2, 0.25) is 0 Å². The Bertz CT molecular complexity index is 531. The summed E-state index contributed by atoms with van der Waals surface area (Å²) in [5.41, 5.74) is 1.06. The molecule has 6 heteroatoms. The monoisotopic (exact) mass is 246 g/mol. The molecule has 0 aliphatic heterocycles. The van der Waals surface area contributed by atoms with E-state index in [9.17, 15) is 0 Å². The Morgan fingerprint density at radius 2 is 1.94 bits per heavy atom. The summed E-state index contributed by atoms with van der Waals surface area (Å²) in [4.78, 5) is 8.54. The maximum Gasteiger partial charge on any atom is 0.153 e. The minimum absolute atomic E-state index is 0.319. The molecule has 2 aromatic heterocycles. The van der Waals surface area contributed by atoms with E-state index in [-0.39, 0.29) is 0 Å². The van der Waals surface area contributed by atoms with E-state index in [1.807, 2.05) is 26.4 Å². The molecular formula is C12H18N6. The minimum Gasteiger partial charge on any atom is -0.373 e. The summed E-state index contributed by atoms with van der Waals surface area (Å²) in [6.45, 7) is 4.23. The van der Waals surface area contributed by atoms with Crippen molar-refractivity contribution in [1.82, 2.24) is 19.7 Å². The SMILES string of the molecule is CNc1ncnc(Nc2ccn(C)n2)c1C(C)C. The van der Waals surface area contributed by atoms with Crippen molar-refractivity contribution in [3.63, 3.8) is 0 Å². The van der Waals surface area contributed by atoms with Gasteiger partial charge in [-0.15, -0.1) is 0 Å². The van der Waals surface area contributed by atoms with E-state index in [0.29, 0.717) is 5.92 Å². The minimum atomic E-state index is 0.319. The highest BCUT2D eigenvalue weighted by Gasteiger charge is 2.14. The zero-order valence-corrected chi connectivity index (χ0v) is 11.1. The Kier molecular flexibility index (Phi) is 3.45. The number of anilines is 3. The van der Waals surface area contributed by atoms with E-state index in [2.05, 4.69) is 39.5 Å². The number of nitrogens with zero attached hydrogens (tertiary/aromatic N) is 4. The molecular weight excluding hydrogens is 228 g/mol. The first kappa shape index (κ1) is 12.3. The van der Waals surface area contributed by atoms with E-state index in [1.54, 1.807) is 11.0 Å². The Hall–Kier alpha value is -2.11. The molecule has 18 heavy (non-hydrogen) atoms. The Morgan fingerprint density at radius 3 is 2.50 bits per heavy atom. The molecule has 0 aliphatic rings. The van der Waals surface area contributed by atoms with Crippen molar-refractivity contribution in [2.75, 3.05) is 17.7 Å². The Morgan fingerprint density at radius 1 is 1.22 bits per heavy atom. The molecule has 0 aromatic carbocycles. The van der Waals surface area contributed by atoms with E-state index in [4.69, 9.17) is 0 Å². The number of aryl methyl sites for hydroxylation is 1. The molecule has 0 bridgehead atoms. The van der Waals surface area contributed by atoms with Crippen LogP contribution in [0.3, 0.4) is 0 Å². The van der Waals surface area contributed by atoms with Crippen LogP contribution in [-0.2, 0) is 7.05 Å². The summed E-state index contributed by atoms with van der Waals surface area (Å²) in [6, 6.07) is 1.91. The second-order valence-electron chi connectivity index (χ2n) is 4.39. The number of hydrogen-bond donors (Lipinski definition) is 2. The quantitative estimate of drug-likeness (QED) is 0.865. The van der Waals surface area contributed by atoms with E-state index < -0.39 is 0 Å². The van der Waals surface area contributed by atoms with Crippen molar-refractivity contribution >= 4 is 17.5 Å². The Labute approximate surface area is 106 Å². The second kappa shape index (κ2) is 5.03. The van der Waals surface area contributed by atoms with Crippen LogP contribution in [0, 0.1) is 0 Å². The highest BCUT2D eigenvalue weighted by Crippen LogP contribution is 2.29. The van der Waals surface area contributed by atoms with Gasteiger partial charge < -0.3 is 10.6 Å². The van der Waals surface area contributed by atoms with Gasteiger partial charge in [0.1, 0.15) is 18.0 Å². The summed E-state index contributed by atoms with van der Waals surface area (Å²) in [5, 5.41) is 10.6. The molecule has 0 amide bonds. The fourth-order valence-electron chi connectivity index (χ4n) is 1.84. The molecule has 6 nitrogen and oxygen atoms in total. The molecule has 0 atom stereocenters. The van der Waals surface area contributed by atoms with Gasteiger partial charge in [-0.25, -0.2) is 9.97 Å². The molecule has 0 spiro atoms. The van der Waals surface area contributed by atoms with Crippen molar-refractivity contribution in [2.45, 2.75) is 19.8 Å². The van der Waals surface area contributed by atoms with Gasteiger partial charge >= 0.3 is 0 Å². The van der Waals surface area contributed by atoms with Crippen LogP contribution in [0.4, 0.5) is 17.5 Å². The number of hydrogen-bond acceptors (Lipinski definition) is 5. The molecule has 2 heterocycles. The van der Waals surface area contributed by atoms with Crippen LogP contribution in [0.25, 0.3) is 0 Å². The molecule has 2 rings (SSSR count). The van der Waals surface area contributed by atoms with Crippen LogP contribution < -0.4 is 10.6 Å². The molecule has 2 N–H and O–H groups in total. The van der Waals surface area contributed by atoms with Gasteiger partial charge in [0.15, 0.2) is 5.82 Å². The first-order valence-corrected chi connectivity index (χ1v) is 5.91. The summed E-state index contributed by atoms with van der Waals surface area (Å²) in [5.74, 6) is 2.74. The number of nitrogens with one attached hydrogen (secondary N) is 2. The molecule has 0 saturated carbocycles. The van der Waals surface area contributed by atoms with Crippen molar-refractivity contribution in [1.29, 1.82) is 0 Å². The van der Waals surface area contributed by atoms with E-state index in [0.717, 1.165) is 23.0 Å². The fraction of sp³-hybridized carbons (Fsp3) is 0.417. The van der Waals surface area contributed by atoms with Gasteiger partial charge in [-0.2, -0.15) is 5.10 Å². The normalized spacial score (nSPS) is 10.7. The zero-order valence-electron chi connectivity index (χ0n) is 11.1. The van der Waals surface area contributed by atoms with Crippen molar-refractivity contribution in [2.24, 2.45) is 7.05 Å². The summed E-state index contributed by atoms with van der Waals surface area (Å²) in [7, 11) is 3.74. The number of aromatic nitrogens is 4. The lowest BCUT2D eigenvalue weighted by Crippen LogP contribution is -2.07. The smallest absolute Gasteiger partial charge is 0.153 e. The zero-order chi connectivity index (χ0) is 13.1. The molecule has 0 unspecified atom stereocenters. The molecule has 0 radical (unpaired) electrons. The van der Waals surface area contributed by atoms with Crippen LogP contribution in [0.5, 0.6) is 0 Å². The summed E-state index contributed by atoms with van der Waals surface area (Å²) >= 11 is 0. The fourth-order valence-corrected chi connectivity index (χ4v) is 1.84. The average molecular weight is 246 g/mol. The van der Waals surface area contributed by atoms with Gasteiger partial charge in [-0.1, -0.05) is 13.8 Å². The lowest BCUT2D eigenvalue weighted by Gasteiger charge is -2.15. The van der Waals surface area contributed by atoms with Gasteiger partial charge in [0.25, 0.3) is 0 Å². The van der Waals surface area contributed by atoms with Gasteiger partial charge in [-0.3, -0.25) is 4.68 Å². The molecule has 2 aromatic rings. The second-order valence-corrected chi connectivity index (χ2v) is 4.39. The summed E-state index contributed by atoms with van der Waals surface area (Å²) < 4.78 is 1.75. The van der Waals surface area contributed by atoms with E-state index in [1.165, 1.54) is 0 Å². The lowest BCUT2D eigenvalue weighted by atomic mass is 10.0. The molecule has 0 saturated heterocycles. The van der Waals surface area contributed by atoms with Crippen LogP contribution in [0.2, 0.25) is 0 Å². The predicted molar refractivity (Wildman–Crippen MR) is 72.2 cm³/mol. The molecule has 0 aliphatic carbocycles.